The summed E-state index contributed by atoms with van der Waals surface area (Å²) in [6.07, 6.45) is 0. The summed E-state index contributed by atoms with van der Waals surface area (Å²) >= 11 is 3.08. The number of amides is 1. The molecule has 0 radical (unpaired) electrons. The highest BCUT2D eigenvalue weighted by molar-refractivity contribution is 8.20. The van der Waals surface area contributed by atoms with Crippen molar-refractivity contribution in [2.24, 2.45) is 4.99 Å². The van der Waals surface area contributed by atoms with Gasteiger partial charge in [0.15, 0.2) is 5.17 Å². The second-order valence-electron chi connectivity index (χ2n) is 8.27. The molecule has 6 heteroatoms. The molecule has 4 aromatic carbocycles. The highest BCUT2D eigenvalue weighted by Gasteiger charge is 2.40. The maximum absolute atomic E-state index is 13.8. The maximum atomic E-state index is 13.8. The number of amidine groups is 1. The molecule has 4 nitrogen and oxygen atoms in total. The van der Waals surface area contributed by atoms with Crippen molar-refractivity contribution in [3.63, 3.8) is 0 Å². The van der Waals surface area contributed by atoms with E-state index in [1.165, 1.54) is 17.1 Å². The smallest absolute Gasteiger partial charge is 0.274 e. The van der Waals surface area contributed by atoms with Gasteiger partial charge in [0.25, 0.3) is 5.91 Å². The van der Waals surface area contributed by atoms with Crippen molar-refractivity contribution >= 4 is 62.4 Å². The summed E-state index contributed by atoms with van der Waals surface area (Å²) in [6, 6.07) is 30.6. The zero-order chi connectivity index (χ0) is 23.2. The van der Waals surface area contributed by atoms with Crippen molar-refractivity contribution in [3.8, 4) is 0 Å². The zero-order valence-corrected chi connectivity index (χ0v) is 20.4. The van der Waals surface area contributed by atoms with E-state index < -0.39 is 0 Å². The number of nitrogens with zero attached hydrogens (tertiary/aromatic N) is 3. The standard InChI is InChI=1S/C28H21N3OS2/c1-18-8-7-11-22(16-18)31-26(32)25(27-30(2)23-12-5-6-13-24(23)33-27)34-28(31)29-21-15-14-19-9-3-4-10-20(19)17-21/h3-17H,1-2H3/b27-25-,29-28?. The molecule has 2 heterocycles. The third kappa shape index (κ3) is 3.59. The zero-order valence-electron chi connectivity index (χ0n) is 18.7. The fourth-order valence-corrected chi connectivity index (χ4v) is 6.58. The Hall–Kier alpha value is -3.48. The van der Waals surface area contributed by atoms with Gasteiger partial charge in [0, 0.05) is 11.9 Å². The number of aliphatic imine (C=N–C) groups is 1. The van der Waals surface area contributed by atoms with E-state index in [9.17, 15) is 4.79 Å². The quantitative estimate of drug-likeness (QED) is 0.282. The average molecular weight is 480 g/mol. The van der Waals surface area contributed by atoms with E-state index in [2.05, 4.69) is 41.3 Å². The van der Waals surface area contributed by atoms with Gasteiger partial charge >= 0.3 is 0 Å². The summed E-state index contributed by atoms with van der Waals surface area (Å²) in [4.78, 5) is 24.5. The minimum atomic E-state index is -0.0442. The molecule has 2 aliphatic rings. The largest absolute Gasteiger partial charge is 0.337 e. The number of carbonyl (C=O) groups excluding carboxylic acids is 1. The van der Waals surface area contributed by atoms with Crippen LogP contribution in [-0.2, 0) is 4.79 Å². The van der Waals surface area contributed by atoms with Gasteiger partial charge in [-0.05, 0) is 71.4 Å². The predicted octanol–water partition coefficient (Wildman–Crippen LogP) is 7.33. The fraction of sp³-hybridized carbons (Fsp3) is 0.0714. The number of fused-ring (bicyclic) bond motifs is 2. The molecule has 4 aromatic rings. The van der Waals surface area contributed by atoms with Gasteiger partial charge in [0.2, 0.25) is 0 Å². The van der Waals surface area contributed by atoms with E-state index >= 15 is 0 Å². The second-order valence-corrected chi connectivity index (χ2v) is 10.3. The first kappa shape index (κ1) is 21.1. The molecule has 2 aliphatic heterocycles. The van der Waals surface area contributed by atoms with E-state index in [-0.39, 0.29) is 5.91 Å². The van der Waals surface area contributed by atoms with Crippen LogP contribution < -0.4 is 9.80 Å². The maximum Gasteiger partial charge on any atom is 0.274 e. The van der Waals surface area contributed by atoms with Crippen molar-refractivity contribution in [1.29, 1.82) is 0 Å². The van der Waals surface area contributed by atoms with Crippen LogP contribution in [-0.4, -0.2) is 18.1 Å². The first-order chi connectivity index (χ1) is 16.6. The molecule has 34 heavy (non-hydrogen) atoms. The van der Waals surface area contributed by atoms with E-state index in [0.29, 0.717) is 10.1 Å². The molecule has 0 atom stereocenters. The molecule has 0 aromatic heterocycles. The van der Waals surface area contributed by atoms with Gasteiger partial charge in [-0.25, -0.2) is 4.99 Å². The van der Waals surface area contributed by atoms with Gasteiger partial charge in [-0.15, -0.1) is 0 Å². The number of carbonyl (C=O) groups is 1. The number of rotatable bonds is 2. The van der Waals surface area contributed by atoms with Crippen LogP contribution in [0.2, 0.25) is 0 Å². The Morgan fingerprint density at radius 3 is 2.41 bits per heavy atom. The van der Waals surface area contributed by atoms with Gasteiger partial charge in [0.1, 0.15) is 4.91 Å². The summed E-state index contributed by atoms with van der Waals surface area (Å²) in [5.74, 6) is -0.0442. The van der Waals surface area contributed by atoms with Gasteiger partial charge in [-0.1, -0.05) is 66.4 Å². The highest BCUT2D eigenvalue weighted by atomic mass is 32.2. The van der Waals surface area contributed by atoms with Gasteiger partial charge in [0.05, 0.1) is 22.1 Å². The number of hydrogen-bond donors (Lipinski definition) is 0. The van der Waals surface area contributed by atoms with Crippen molar-refractivity contribution < 1.29 is 4.79 Å². The normalized spacial score (nSPS) is 18.9. The number of thioether (sulfide) groups is 2. The summed E-state index contributed by atoms with van der Waals surface area (Å²) in [7, 11) is 2.02. The molecule has 6 rings (SSSR count). The number of benzene rings is 4. The van der Waals surface area contributed by atoms with Crippen molar-refractivity contribution in [2.45, 2.75) is 11.8 Å². The lowest BCUT2D eigenvalue weighted by molar-refractivity contribution is -0.113. The number of hydrogen-bond acceptors (Lipinski definition) is 5. The second kappa shape index (κ2) is 8.38. The Balaban J connectivity index is 1.48. The van der Waals surface area contributed by atoms with Crippen LogP contribution in [0.15, 0.2) is 111 Å². The summed E-state index contributed by atoms with van der Waals surface area (Å²) in [5.41, 5.74) is 3.87. The Morgan fingerprint density at radius 2 is 1.59 bits per heavy atom. The highest BCUT2D eigenvalue weighted by Crippen LogP contribution is 2.50. The molecule has 0 N–H and O–H groups in total. The summed E-state index contributed by atoms with van der Waals surface area (Å²) in [5, 5.41) is 3.90. The topological polar surface area (TPSA) is 35.9 Å². The summed E-state index contributed by atoms with van der Waals surface area (Å²) < 4.78 is 0. The van der Waals surface area contributed by atoms with Crippen molar-refractivity contribution in [2.75, 3.05) is 16.8 Å². The molecule has 1 amide bonds. The Morgan fingerprint density at radius 1 is 0.794 bits per heavy atom. The van der Waals surface area contributed by atoms with E-state index in [1.807, 2.05) is 68.6 Å². The van der Waals surface area contributed by atoms with Gasteiger partial charge in [-0.2, -0.15) is 0 Å². The van der Waals surface area contributed by atoms with Gasteiger partial charge < -0.3 is 4.90 Å². The molecule has 0 saturated carbocycles. The van der Waals surface area contributed by atoms with E-state index in [4.69, 9.17) is 4.99 Å². The first-order valence-corrected chi connectivity index (χ1v) is 12.6. The van der Waals surface area contributed by atoms with Crippen molar-refractivity contribution in [3.05, 3.63) is 106 Å². The first-order valence-electron chi connectivity index (χ1n) is 11.0. The summed E-state index contributed by atoms with van der Waals surface area (Å²) in [6.45, 7) is 2.04. The molecular formula is C28H21N3OS2. The van der Waals surface area contributed by atoms with Crippen LogP contribution in [0.4, 0.5) is 17.1 Å². The molecule has 0 spiro atoms. The monoisotopic (exact) mass is 479 g/mol. The Labute approximate surface area is 207 Å². The predicted molar refractivity (Wildman–Crippen MR) is 145 cm³/mol. The molecular weight excluding hydrogens is 458 g/mol. The van der Waals surface area contributed by atoms with E-state index in [1.54, 1.807) is 16.7 Å². The number of aryl methyl sites for hydroxylation is 1. The van der Waals surface area contributed by atoms with Crippen LogP contribution >= 0.6 is 23.5 Å². The SMILES string of the molecule is Cc1cccc(N2C(=O)/C(=C3/Sc4ccccc4N3C)SC2=Nc2ccc3ccccc3c2)c1. The van der Waals surface area contributed by atoms with Crippen LogP contribution in [0.5, 0.6) is 0 Å². The molecule has 0 unspecified atom stereocenters. The van der Waals surface area contributed by atoms with Gasteiger partial charge in [-0.3, -0.25) is 9.69 Å². The van der Waals surface area contributed by atoms with Crippen LogP contribution in [0.1, 0.15) is 5.56 Å². The van der Waals surface area contributed by atoms with Crippen LogP contribution in [0, 0.1) is 6.92 Å². The minimum Gasteiger partial charge on any atom is -0.337 e. The molecule has 0 bridgehead atoms. The van der Waals surface area contributed by atoms with E-state index in [0.717, 1.165) is 37.9 Å². The lowest BCUT2D eigenvalue weighted by Crippen LogP contribution is -2.29. The van der Waals surface area contributed by atoms with Crippen molar-refractivity contribution in [1.82, 2.24) is 0 Å². The lowest BCUT2D eigenvalue weighted by atomic mass is 10.1. The van der Waals surface area contributed by atoms with Crippen LogP contribution in [0.3, 0.4) is 0 Å². The molecule has 1 saturated heterocycles. The lowest BCUT2D eigenvalue weighted by Gasteiger charge is -2.17. The van der Waals surface area contributed by atoms with Crippen LogP contribution in [0.25, 0.3) is 10.8 Å². The number of para-hydroxylation sites is 1. The third-order valence-electron chi connectivity index (χ3n) is 5.93. The number of anilines is 2. The fourth-order valence-electron chi connectivity index (χ4n) is 4.23. The average Bonchev–Trinajstić information content (AvgIpc) is 3.35. The third-order valence-corrected chi connectivity index (χ3v) is 8.33. The Bertz CT molecular complexity index is 1530. The minimum absolute atomic E-state index is 0.0442. The molecule has 0 aliphatic carbocycles. The molecule has 1 fully saturated rings. The Kier molecular flexibility index (Phi) is 5.20. The molecule has 166 valence electrons.